The van der Waals surface area contributed by atoms with Gasteiger partial charge in [-0.25, -0.2) is 0 Å². The number of alkyl halides is 3. The van der Waals surface area contributed by atoms with Crippen LogP contribution in [0.15, 0.2) is 12.3 Å². The number of aromatic nitrogens is 2. The smallest absolute Gasteiger partial charge is 0.336 e. The van der Waals surface area contributed by atoms with Crippen LogP contribution in [0, 0.1) is 0 Å². The molecule has 1 saturated heterocycles. The third-order valence-corrected chi connectivity index (χ3v) is 3.05. The number of hydrogen-bond acceptors (Lipinski definition) is 3. The summed E-state index contributed by atoms with van der Waals surface area (Å²) in [6, 6.07) is 0.910. The number of rotatable bonds is 2. The summed E-state index contributed by atoms with van der Waals surface area (Å²) in [5.41, 5.74) is -0.978. The lowest BCUT2D eigenvalue weighted by Crippen LogP contribution is -2.53. The van der Waals surface area contributed by atoms with Crippen LogP contribution in [0.1, 0.15) is 12.6 Å². The van der Waals surface area contributed by atoms with Gasteiger partial charge in [0.2, 0.25) is 5.91 Å². The van der Waals surface area contributed by atoms with Gasteiger partial charge in [0.1, 0.15) is 6.54 Å². The second-order valence-electron chi connectivity index (χ2n) is 4.54. The molecule has 2 rings (SSSR count). The molecule has 1 aromatic rings. The van der Waals surface area contributed by atoms with Gasteiger partial charge in [-0.2, -0.15) is 18.3 Å². The molecule has 1 aliphatic rings. The van der Waals surface area contributed by atoms with Gasteiger partial charge >= 0.3 is 6.18 Å². The molecule has 5 nitrogen and oxygen atoms in total. The van der Waals surface area contributed by atoms with Gasteiger partial charge in [0.25, 0.3) is 0 Å². The van der Waals surface area contributed by atoms with E-state index in [1.165, 1.54) is 6.20 Å². The van der Waals surface area contributed by atoms with Gasteiger partial charge in [-0.05, 0) is 13.0 Å². The van der Waals surface area contributed by atoms with Crippen LogP contribution in [0.3, 0.4) is 0 Å². The van der Waals surface area contributed by atoms with Crippen molar-refractivity contribution in [3.63, 3.8) is 0 Å². The first-order valence-electron chi connectivity index (χ1n) is 5.99. The van der Waals surface area contributed by atoms with Crippen LogP contribution in [0.5, 0.6) is 0 Å². The van der Waals surface area contributed by atoms with E-state index in [2.05, 4.69) is 10.4 Å². The van der Waals surface area contributed by atoms with Gasteiger partial charge in [0.05, 0.1) is 0 Å². The Balaban J connectivity index is 2.00. The fourth-order valence-electron chi connectivity index (χ4n) is 2.04. The first-order valence-corrected chi connectivity index (χ1v) is 5.99. The second-order valence-corrected chi connectivity index (χ2v) is 4.54. The number of carbonyl (C=O) groups excluding carboxylic acids is 1. The minimum Gasteiger partial charge on any atom is -0.336 e. The number of halogens is 3. The Morgan fingerprint density at radius 3 is 2.89 bits per heavy atom. The zero-order chi connectivity index (χ0) is 14.0. The van der Waals surface area contributed by atoms with Crippen molar-refractivity contribution in [3.8, 4) is 0 Å². The van der Waals surface area contributed by atoms with E-state index in [1.54, 1.807) is 4.90 Å². The number of nitrogens with zero attached hydrogens (tertiary/aromatic N) is 3. The van der Waals surface area contributed by atoms with Crippen molar-refractivity contribution in [1.82, 2.24) is 20.0 Å². The zero-order valence-electron chi connectivity index (χ0n) is 10.4. The molecule has 1 N–H and O–H groups in total. The van der Waals surface area contributed by atoms with Crippen molar-refractivity contribution in [1.29, 1.82) is 0 Å². The summed E-state index contributed by atoms with van der Waals surface area (Å²) in [6.07, 6.45) is -3.30. The van der Waals surface area contributed by atoms with Crippen LogP contribution >= 0.6 is 0 Å². The lowest BCUT2D eigenvalue weighted by molar-refractivity contribution is -0.142. The predicted octanol–water partition coefficient (Wildman–Crippen LogP) is 0.722. The SMILES string of the molecule is C[C@@H]1CNCCN1C(=O)Cn1ccc(C(F)(F)F)n1. The van der Waals surface area contributed by atoms with E-state index in [4.69, 9.17) is 0 Å². The molecular weight excluding hydrogens is 261 g/mol. The van der Waals surface area contributed by atoms with Gasteiger partial charge in [0.15, 0.2) is 5.69 Å². The maximum absolute atomic E-state index is 12.4. The topological polar surface area (TPSA) is 50.2 Å². The summed E-state index contributed by atoms with van der Waals surface area (Å²) >= 11 is 0. The van der Waals surface area contributed by atoms with Crippen LogP contribution in [0.25, 0.3) is 0 Å². The summed E-state index contributed by atoms with van der Waals surface area (Å²) in [6.45, 7) is 3.68. The average molecular weight is 276 g/mol. The zero-order valence-corrected chi connectivity index (χ0v) is 10.4. The molecule has 2 heterocycles. The van der Waals surface area contributed by atoms with Crippen LogP contribution in [-0.2, 0) is 17.5 Å². The number of carbonyl (C=O) groups is 1. The third kappa shape index (κ3) is 3.25. The number of hydrogen-bond donors (Lipinski definition) is 1. The summed E-state index contributed by atoms with van der Waals surface area (Å²) < 4.78 is 38.2. The van der Waals surface area contributed by atoms with Crippen LogP contribution in [-0.4, -0.2) is 46.3 Å². The molecule has 19 heavy (non-hydrogen) atoms. The quantitative estimate of drug-likeness (QED) is 0.866. The van der Waals surface area contributed by atoms with Gasteiger partial charge in [0, 0.05) is 31.9 Å². The molecular formula is C11H15F3N4O. The van der Waals surface area contributed by atoms with E-state index in [0.717, 1.165) is 10.7 Å². The first kappa shape index (κ1) is 13.9. The Labute approximate surface area is 108 Å². The number of amides is 1. The second kappa shape index (κ2) is 5.20. The number of nitrogens with one attached hydrogen (secondary N) is 1. The van der Waals surface area contributed by atoms with Crippen molar-refractivity contribution in [2.75, 3.05) is 19.6 Å². The Bertz CT molecular complexity index is 457. The maximum Gasteiger partial charge on any atom is 0.435 e. The Morgan fingerprint density at radius 1 is 1.58 bits per heavy atom. The van der Waals surface area contributed by atoms with Gasteiger partial charge < -0.3 is 10.2 Å². The molecule has 1 atom stereocenters. The molecule has 0 aliphatic carbocycles. The minimum atomic E-state index is -4.48. The molecule has 0 spiro atoms. The van der Waals surface area contributed by atoms with E-state index < -0.39 is 11.9 Å². The maximum atomic E-state index is 12.4. The fourth-order valence-corrected chi connectivity index (χ4v) is 2.04. The van der Waals surface area contributed by atoms with Gasteiger partial charge in [-0.15, -0.1) is 0 Å². The van der Waals surface area contributed by atoms with E-state index in [0.29, 0.717) is 19.6 Å². The fraction of sp³-hybridized carbons (Fsp3) is 0.636. The first-order chi connectivity index (χ1) is 8.88. The van der Waals surface area contributed by atoms with Crippen molar-refractivity contribution in [2.45, 2.75) is 25.7 Å². The molecule has 0 unspecified atom stereocenters. The van der Waals surface area contributed by atoms with Crippen molar-refractivity contribution in [2.24, 2.45) is 0 Å². The summed E-state index contributed by atoms with van der Waals surface area (Å²) in [4.78, 5) is 13.7. The summed E-state index contributed by atoms with van der Waals surface area (Å²) in [5.74, 6) is -0.217. The van der Waals surface area contributed by atoms with E-state index in [1.807, 2.05) is 6.92 Å². The molecule has 0 aromatic carbocycles. The van der Waals surface area contributed by atoms with Crippen molar-refractivity contribution in [3.05, 3.63) is 18.0 Å². The minimum absolute atomic E-state index is 0.0406. The largest absolute Gasteiger partial charge is 0.435 e. The highest BCUT2D eigenvalue weighted by atomic mass is 19.4. The molecule has 0 saturated carbocycles. The Hall–Kier alpha value is -1.57. The molecule has 106 valence electrons. The van der Waals surface area contributed by atoms with Gasteiger partial charge in [-0.3, -0.25) is 9.48 Å². The summed E-state index contributed by atoms with van der Waals surface area (Å²) in [7, 11) is 0. The molecule has 1 aliphatic heterocycles. The van der Waals surface area contributed by atoms with Crippen molar-refractivity contribution >= 4 is 5.91 Å². The monoisotopic (exact) mass is 276 g/mol. The van der Waals surface area contributed by atoms with E-state index in [-0.39, 0.29) is 18.5 Å². The normalized spacial score (nSPS) is 20.6. The molecule has 1 fully saturated rings. The molecule has 0 radical (unpaired) electrons. The highest BCUT2D eigenvalue weighted by molar-refractivity contribution is 5.76. The van der Waals surface area contributed by atoms with E-state index >= 15 is 0 Å². The molecule has 1 aromatic heterocycles. The average Bonchev–Trinajstić information content (AvgIpc) is 2.77. The van der Waals surface area contributed by atoms with Crippen LogP contribution < -0.4 is 5.32 Å². The highest BCUT2D eigenvalue weighted by Gasteiger charge is 2.34. The number of piperazine rings is 1. The molecule has 0 bridgehead atoms. The predicted molar refractivity (Wildman–Crippen MR) is 61.3 cm³/mol. The molecule has 8 heteroatoms. The summed E-state index contributed by atoms with van der Waals surface area (Å²) in [5, 5.41) is 6.51. The third-order valence-electron chi connectivity index (χ3n) is 3.05. The van der Waals surface area contributed by atoms with Gasteiger partial charge in [-0.1, -0.05) is 0 Å². The van der Waals surface area contributed by atoms with Crippen molar-refractivity contribution < 1.29 is 18.0 Å². The Morgan fingerprint density at radius 2 is 2.32 bits per heavy atom. The van der Waals surface area contributed by atoms with E-state index in [9.17, 15) is 18.0 Å². The Kier molecular flexibility index (Phi) is 3.79. The lowest BCUT2D eigenvalue weighted by Gasteiger charge is -2.33. The standard InChI is InChI=1S/C11H15F3N4O/c1-8-6-15-3-5-18(8)10(19)7-17-4-2-9(16-17)11(12,13)14/h2,4,8,15H,3,5-7H2,1H3/t8-/m1/s1. The highest BCUT2D eigenvalue weighted by Crippen LogP contribution is 2.27. The van der Waals surface area contributed by atoms with Crippen LogP contribution in [0.2, 0.25) is 0 Å². The van der Waals surface area contributed by atoms with Crippen LogP contribution in [0.4, 0.5) is 13.2 Å². The molecule has 1 amide bonds. The lowest BCUT2D eigenvalue weighted by atomic mass is 10.2.